The van der Waals surface area contributed by atoms with Gasteiger partial charge in [0.15, 0.2) is 0 Å². The molecule has 0 saturated carbocycles. The van der Waals surface area contributed by atoms with E-state index in [1.165, 1.54) is 0 Å². The van der Waals surface area contributed by atoms with Crippen LogP contribution in [0.1, 0.15) is 28.1 Å². The van der Waals surface area contributed by atoms with Crippen LogP contribution < -0.4 is 0 Å². The first-order valence-corrected chi connectivity index (χ1v) is 9.43. The molecule has 6 heteroatoms. The number of hydrogen-bond donors (Lipinski definition) is 0. The molecule has 0 atom stereocenters. The third-order valence-corrected chi connectivity index (χ3v) is 5.02. The number of pyridine rings is 1. The van der Waals surface area contributed by atoms with Gasteiger partial charge in [0.05, 0.1) is 12.2 Å². The molecule has 0 fully saturated rings. The highest BCUT2D eigenvalue weighted by molar-refractivity contribution is 6.31. The Bertz CT molecular complexity index is 995. The second-order valence-electron chi connectivity index (χ2n) is 6.72. The summed E-state index contributed by atoms with van der Waals surface area (Å²) in [5.74, 6) is -0.0607. The fourth-order valence-corrected chi connectivity index (χ4v) is 3.21. The number of rotatable bonds is 6. The number of carbonyl (C=O) groups is 1. The molecule has 5 nitrogen and oxygen atoms in total. The van der Waals surface area contributed by atoms with Gasteiger partial charge >= 0.3 is 0 Å². The van der Waals surface area contributed by atoms with Gasteiger partial charge in [-0.2, -0.15) is 5.10 Å². The molecule has 1 aromatic carbocycles. The van der Waals surface area contributed by atoms with Crippen molar-refractivity contribution in [3.05, 3.63) is 88.0 Å². The van der Waals surface area contributed by atoms with Crippen LogP contribution in [0.2, 0.25) is 5.02 Å². The summed E-state index contributed by atoms with van der Waals surface area (Å²) < 4.78 is 1.92. The Hall–Kier alpha value is -2.92. The number of aryl methyl sites for hydroxylation is 1. The molecular formula is C22H23ClN4O. The first-order chi connectivity index (χ1) is 13.5. The van der Waals surface area contributed by atoms with Crippen LogP contribution in [0.25, 0.3) is 6.08 Å². The van der Waals surface area contributed by atoms with E-state index in [4.69, 9.17) is 11.6 Å². The minimum absolute atomic E-state index is 0.0607. The third-order valence-electron chi connectivity index (χ3n) is 4.65. The standard InChI is InChI=1S/C22H23ClN4O/c1-16-20(8-9-22(28)26(3)14-18-10-12-24-13-11-18)17(2)27(25-16)15-19-6-4-5-7-21(19)23/h4-13H,14-15H2,1-3H3/b9-8+. The van der Waals surface area contributed by atoms with E-state index in [1.807, 2.05) is 61.0 Å². The average Bonchev–Trinajstić information content (AvgIpc) is 2.95. The number of carbonyl (C=O) groups excluding carboxylic acids is 1. The highest BCUT2D eigenvalue weighted by atomic mass is 35.5. The van der Waals surface area contributed by atoms with Crippen molar-refractivity contribution in [1.82, 2.24) is 19.7 Å². The predicted molar refractivity (Wildman–Crippen MR) is 112 cm³/mol. The SMILES string of the molecule is Cc1nn(Cc2ccccc2Cl)c(C)c1/C=C/C(=O)N(C)Cc1ccncc1. The van der Waals surface area contributed by atoms with Crippen molar-refractivity contribution < 1.29 is 4.79 Å². The number of aromatic nitrogens is 3. The molecule has 0 spiro atoms. The first-order valence-electron chi connectivity index (χ1n) is 9.05. The van der Waals surface area contributed by atoms with Gasteiger partial charge in [0, 0.05) is 48.3 Å². The fraction of sp³-hybridized carbons (Fsp3) is 0.227. The van der Waals surface area contributed by atoms with E-state index in [1.54, 1.807) is 30.4 Å². The van der Waals surface area contributed by atoms with Crippen LogP contribution in [0.5, 0.6) is 0 Å². The lowest BCUT2D eigenvalue weighted by Gasteiger charge is -2.14. The summed E-state index contributed by atoms with van der Waals surface area (Å²) in [5.41, 5.74) is 4.89. The lowest BCUT2D eigenvalue weighted by Crippen LogP contribution is -2.24. The van der Waals surface area contributed by atoms with Crippen LogP contribution >= 0.6 is 11.6 Å². The highest BCUT2D eigenvalue weighted by Crippen LogP contribution is 2.20. The van der Waals surface area contributed by atoms with Gasteiger partial charge in [-0.25, -0.2) is 0 Å². The van der Waals surface area contributed by atoms with Gasteiger partial charge in [0.25, 0.3) is 0 Å². The summed E-state index contributed by atoms with van der Waals surface area (Å²) in [4.78, 5) is 18.1. The topological polar surface area (TPSA) is 51.0 Å². The van der Waals surface area contributed by atoms with E-state index in [9.17, 15) is 4.79 Å². The van der Waals surface area contributed by atoms with E-state index >= 15 is 0 Å². The summed E-state index contributed by atoms with van der Waals surface area (Å²) in [5, 5.41) is 5.33. The zero-order chi connectivity index (χ0) is 20.1. The maximum Gasteiger partial charge on any atom is 0.246 e. The molecule has 2 aromatic heterocycles. The minimum atomic E-state index is -0.0607. The maximum atomic E-state index is 12.5. The lowest BCUT2D eigenvalue weighted by atomic mass is 10.1. The minimum Gasteiger partial charge on any atom is -0.338 e. The van der Waals surface area contributed by atoms with Crippen molar-refractivity contribution in [2.45, 2.75) is 26.9 Å². The summed E-state index contributed by atoms with van der Waals surface area (Å²) in [6.45, 7) is 5.08. The van der Waals surface area contributed by atoms with E-state index in [2.05, 4.69) is 10.1 Å². The Morgan fingerprint density at radius 1 is 1.18 bits per heavy atom. The van der Waals surface area contributed by atoms with Gasteiger partial charge in [-0.3, -0.25) is 14.5 Å². The Balaban J connectivity index is 1.72. The maximum absolute atomic E-state index is 12.5. The Kier molecular flexibility index (Phi) is 6.26. The molecule has 0 bridgehead atoms. The molecule has 0 aliphatic heterocycles. The van der Waals surface area contributed by atoms with Gasteiger partial charge in [-0.05, 0) is 49.2 Å². The van der Waals surface area contributed by atoms with Gasteiger partial charge in [0.1, 0.15) is 0 Å². The van der Waals surface area contributed by atoms with Crippen LogP contribution in [0, 0.1) is 13.8 Å². The molecule has 28 heavy (non-hydrogen) atoms. The summed E-state index contributed by atoms with van der Waals surface area (Å²) in [6, 6.07) is 11.5. The van der Waals surface area contributed by atoms with Crippen LogP contribution in [-0.2, 0) is 17.9 Å². The number of hydrogen-bond acceptors (Lipinski definition) is 3. The Labute approximate surface area is 170 Å². The van der Waals surface area contributed by atoms with Crippen molar-refractivity contribution >= 4 is 23.6 Å². The van der Waals surface area contributed by atoms with Crippen LogP contribution in [0.15, 0.2) is 54.9 Å². The molecule has 0 aliphatic carbocycles. The third kappa shape index (κ3) is 4.67. The van der Waals surface area contributed by atoms with Crippen LogP contribution in [0.3, 0.4) is 0 Å². The quantitative estimate of drug-likeness (QED) is 0.587. The molecule has 0 aliphatic rings. The Morgan fingerprint density at radius 3 is 2.61 bits per heavy atom. The fourth-order valence-electron chi connectivity index (χ4n) is 3.02. The lowest BCUT2D eigenvalue weighted by molar-refractivity contribution is -0.125. The molecule has 0 unspecified atom stereocenters. The van der Waals surface area contributed by atoms with E-state index in [0.717, 1.165) is 33.1 Å². The molecule has 0 N–H and O–H groups in total. The van der Waals surface area contributed by atoms with Gasteiger partial charge in [-0.15, -0.1) is 0 Å². The second kappa shape index (κ2) is 8.85. The molecule has 0 saturated heterocycles. The normalized spacial score (nSPS) is 11.1. The highest BCUT2D eigenvalue weighted by Gasteiger charge is 2.12. The number of halogens is 1. The summed E-state index contributed by atoms with van der Waals surface area (Å²) in [6.07, 6.45) is 6.89. The van der Waals surface area contributed by atoms with Gasteiger partial charge in [0.2, 0.25) is 5.91 Å². The smallest absolute Gasteiger partial charge is 0.246 e. The molecule has 2 heterocycles. The van der Waals surface area contributed by atoms with Crippen molar-refractivity contribution in [3.8, 4) is 0 Å². The van der Waals surface area contributed by atoms with Gasteiger partial charge in [-0.1, -0.05) is 29.8 Å². The molecule has 144 valence electrons. The van der Waals surface area contributed by atoms with E-state index in [0.29, 0.717) is 13.1 Å². The molecule has 1 amide bonds. The van der Waals surface area contributed by atoms with E-state index < -0.39 is 0 Å². The van der Waals surface area contributed by atoms with Crippen molar-refractivity contribution in [2.75, 3.05) is 7.05 Å². The molecular weight excluding hydrogens is 372 g/mol. The number of likely N-dealkylation sites (N-methyl/N-ethyl adjacent to an activating group) is 1. The largest absolute Gasteiger partial charge is 0.338 e. The zero-order valence-corrected chi connectivity index (χ0v) is 17.0. The first kappa shape index (κ1) is 19.8. The predicted octanol–water partition coefficient (Wildman–Crippen LogP) is 4.27. The summed E-state index contributed by atoms with van der Waals surface area (Å²) in [7, 11) is 1.79. The monoisotopic (exact) mass is 394 g/mol. The van der Waals surface area contributed by atoms with Crippen LogP contribution in [-0.4, -0.2) is 32.6 Å². The van der Waals surface area contributed by atoms with Crippen LogP contribution in [0.4, 0.5) is 0 Å². The zero-order valence-electron chi connectivity index (χ0n) is 16.3. The van der Waals surface area contributed by atoms with Gasteiger partial charge < -0.3 is 4.90 Å². The summed E-state index contributed by atoms with van der Waals surface area (Å²) >= 11 is 6.27. The molecule has 3 aromatic rings. The second-order valence-corrected chi connectivity index (χ2v) is 7.12. The average molecular weight is 395 g/mol. The number of benzene rings is 1. The van der Waals surface area contributed by atoms with E-state index in [-0.39, 0.29) is 5.91 Å². The molecule has 3 rings (SSSR count). The van der Waals surface area contributed by atoms with Crippen molar-refractivity contribution in [2.24, 2.45) is 0 Å². The number of amides is 1. The number of nitrogens with zero attached hydrogens (tertiary/aromatic N) is 4. The molecule has 0 radical (unpaired) electrons. The van der Waals surface area contributed by atoms with Crippen molar-refractivity contribution in [3.63, 3.8) is 0 Å². The Morgan fingerprint density at radius 2 is 1.89 bits per heavy atom. The van der Waals surface area contributed by atoms with Crippen molar-refractivity contribution in [1.29, 1.82) is 0 Å².